The summed E-state index contributed by atoms with van der Waals surface area (Å²) < 4.78 is 26.2. The SMILES string of the molecule is Cc1ccc(S(=O)(=O)NC(C(=O)O)C(C)O)c(C)c1. The van der Waals surface area contributed by atoms with Crippen LogP contribution < -0.4 is 4.72 Å². The van der Waals surface area contributed by atoms with E-state index >= 15 is 0 Å². The second-order valence-corrected chi connectivity index (χ2v) is 6.13. The fourth-order valence-corrected chi connectivity index (χ4v) is 3.18. The molecule has 0 saturated heterocycles. The van der Waals surface area contributed by atoms with Crippen molar-refractivity contribution in [2.45, 2.75) is 37.8 Å². The second kappa shape index (κ2) is 5.68. The van der Waals surface area contributed by atoms with Crippen LogP contribution in [-0.2, 0) is 14.8 Å². The molecule has 19 heavy (non-hydrogen) atoms. The number of aliphatic carboxylic acids is 1. The van der Waals surface area contributed by atoms with E-state index in [9.17, 15) is 18.3 Å². The standard InChI is InChI=1S/C12H17NO5S/c1-7-4-5-10(8(2)6-7)19(17,18)13-11(9(3)14)12(15)16/h4-6,9,11,13-14H,1-3H3,(H,15,16). The van der Waals surface area contributed by atoms with E-state index in [4.69, 9.17) is 5.11 Å². The summed E-state index contributed by atoms with van der Waals surface area (Å²) in [6.07, 6.45) is -1.34. The van der Waals surface area contributed by atoms with Gasteiger partial charge in [0.05, 0.1) is 11.0 Å². The molecular weight excluding hydrogens is 270 g/mol. The van der Waals surface area contributed by atoms with E-state index in [1.165, 1.54) is 13.0 Å². The van der Waals surface area contributed by atoms with Crippen LogP contribution in [0.4, 0.5) is 0 Å². The van der Waals surface area contributed by atoms with Crippen LogP contribution >= 0.6 is 0 Å². The van der Waals surface area contributed by atoms with Crippen LogP contribution in [0.1, 0.15) is 18.1 Å². The summed E-state index contributed by atoms with van der Waals surface area (Å²) in [7, 11) is -3.99. The smallest absolute Gasteiger partial charge is 0.324 e. The number of aliphatic hydroxyl groups excluding tert-OH is 1. The van der Waals surface area contributed by atoms with Crippen LogP contribution in [0.5, 0.6) is 0 Å². The molecule has 0 amide bonds. The van der Waals surface area contributed by atoms with Gasteiger partial charge in [0.2, 0.25) is 10.0 Å². The Hall–Kier alpha value is -1.44. The van der Waals surface area contributed by atoms with Crippen LogP contribution in [0.15, 0.2) is 23.1 Å². The first-order valence-electron chi connectivity index (χ1n) is 5.65. The van der Waals surface area contributed by atoms with Gasteiger partial charge in [0.15, 0.2) is 0 Å². The number of nitrogens with one attached hydrogen (secondary N) is 1. The predicted molar refractivity (Wildman–Crippen MR) is 69.3 cm³/mol. The highest BCUT2D eigenvalue weighted by Gasteiger charge is 2.29. The Labute approximate surface area is 112 Å². The monoisotopic (exact) mass is 287 g/mol. The summed E-state index contributed by atoms with van der Waals surface area (Å²) in [5.41, 5.74) is 1.42. The summed E-state index contributed by atoms with van der Waals surface area (Å²) in [6, 6.07) is 3.14. The van der Waals surface area contributed by atoms with Crippen molar-refractivity contribution in [3.8, 4) is 0 Å². The molecule has 1 aromatic rings. The van der Waals surface area contributed by atoms with Crippen LogP contribution in [0.25, 0.3) is 0 Å². The minimum Gasteiger partial charge on any atom is -0.480 e. The maximum atomic E-state index is 12.1. The van der Waals surface area contributed by atoms with E-state index in [-0.39, 0.29) is 4.90 Å². The van der Waals surface area contributed by atoms with Crippen molar-refractivity contribution in [1.82, 2.24) is 4.72 Å². The number of aliphatic hydroxyl groups is 1. The molecule has 0 aromatic heterocycles. The largest absolute Gasteiger partial charge is 0.480 e. The third-order valence-electron chi connectivity index (χ3n) is 2.65. The van der Waals surface area contributed by atoms with Crippen molar-refractivity contribution in [3.05, 3.63) is 29.3 Å². The first kappa shape index (κ1) is 15.6. The van der Waals surface area contributed by atoms with E-state index in [1.807, 2.05) is 11.6 Å². The van der Waals surface area contributed by atoms with Gasteiger partial charge in [0.1, 0.15) is 6.04 Å². The van der Waals surface area contributed by atoms with Crippen LogP contribution in [-0.4, -0.2) is 36.7 Å². The quantitative estimate of drug-likeness (QED) is 0.728. The van der Waals surface area contributed by atoms with Crippen molar-refractivity contribution in [1.29, 1.82) is 0 Å². The number of hydrogen-bond donors (Lipinski definition) is 3. The molecule has 0 spiro atoms. The topological polar surface area (TPSA) is 104 Å². The Kier molecular flexibility index (Phi) is 4.67. The van der Waals surface area contributed by atoms with Gasteiger partial charge in [-0.3, -0.25) is 4.79 Å². The first-order valence-corrected chi connectivity index (χ1v) is 7.14. The minimum absolute atomic E-state index is 0.00463. The van der Waals surface area contributed by atoms with Gasteiger partial charge in [0.25, 0.3) is 0 Å². The molecule has 0 aliphatic heterocycles. The van der Waals surface area contributed by atoms with E-state index in [0.29, 0.717) is 5.56 Å². The van der Waals surface area contributed by atoms with Crippen molar-refractivity contribution >= 4 is 16.0 Å². The average Bonchev–Trinajstić information content (AvgIpc) is 2.24. The Bertz CT molecular complexity index is 580. The molecule has 0 radical (unpaired) electrons. The third-order valence-corrected chi connectivity index (χ3v) is 4.25. The molecule has 106 valence electrons. The van der Waals surface area contributed by atoms with E-state index < -0.39 is 28.1 Å². The zero-order valence-electron chi connectivity index (χ0n) is 10.9. The van der Waals surface area contributed by atoms with Gasteiger partial charge in [-0.25, -0.2) is 8.42 Å². The molecule has 0 fully saturated rings. The maximum absolute atomic E-state index is 12.1. The van der Waals surface area contributed by atoms with Gasteiger partial charge in [-0.05, 0) is 32.4 Å². The fraction of sp³-hybridized carbons (Fsp3) is 0.417. The number of carboxylic acid groups (broad SMARTS) is 1. The molecule has 7 heteroatoms. The minimum atomic E-state index is -3.99. The molecule has 6 nitrogen and oxygen atoms in total. The Balaban J connectivity index is 3.14. The summed E-state index contributed by atoms with van der Waals surface area (Å²) in [6.45, 7) is 4.66. The van der Waals surface area contributed by atoms with E-state index in [0.717, 1.165) is 5.56 Å². The lowest BCUT2D eigenvalue weighted by Crippen LogP contribution is -2.47. The number of carboxylic acids is 1. The van der Waals surface area contributed by atoms with Gasteiger partial charge in [-0.2, -0.15) is 4.72 Å². The predicted octanol–water partition coefficient (Wildman–Crippen LogP) is 0.416. The molecule has 2 unspecified atom stereocenters. The zero-order chi connectivity index (χ0) is 14.8. The normalized spacial score (nSPS) is 14.9. The second-order valence-electron chi connectivity index (χ2n) is 4.45. The van der Waals surface area contributed by atoms with Crippen molar-refractivity contribution in [3.63, 3.8) is 0 Å². The third kappa shape index (κ3) is 3.76. The Morgan fingerprint density at radius 1 is 1.32 bits per heavy atom. The summed E-state index contributed by atoms with van der Waals surface area (Å²) in [4.78, 5) is 10.9. The number of sulfonamides is 1. The molecule has 3 N–H and O–H groups in total. The summed E-state index contributed by atoms with van der Waals surface area (Å²) >= 11 is 0. The molecule has 1 rings (SSSR count). The van der Waals surface area contributed by atoms with E-state index in [2.05, 4.69) is 0 Å². The zero-order valence-corrected chi connectivity index (χ0v) is 11.7. The van der Waals surface area contributed by atoms with Gasteiger partial charge in [0, 0.05) is 0 Å². The fourth-order valence-electron chi connectivity index (χ4n) is 1.69. The van der Waals surface area contributed by atoms with Crippen molar-refractivity contribution < 1.29 is 23.4 Å². The number of carbonyl (C=O) groups is 1. The van der Waals surface area contributed by atoms with Crippen LogP contribution in [0.2, 0.25) is 0 Å². The van der Waals surface area contributed by atoms with Crippen LogP contribution in [0, 0.1) is 13.8 Å². The highest BCUT2D eigenvalue weighted by atomic mass is 32.2. The molecule has 0 aliphatic rings. The van der Waals surface area contributed by atoms with Gasteiger partial charge in [-0.1, -0.05) is 17.7 Å². The Morgan fingerprint density at radius 2 is 1.89 bits per heavy atom. The highest BCUT2D eigenvalue weighted by Crippen LogP contribution is 2.17. The molecular formula is C12H17NO5S. The van der Waals surface area contributed by atoms with E-state index in [1.54, 1.807) is 19.1 Å². The lowest BCUT2D eigenvalue weighted by atomic mass is 10.2. The Morgan fingerprint density at radius 3 is 2.32 bits per heavy atom. The number of benzene rings is 1. The molecule has 1 aromatic carbocycles. The maximum Gasteiger partial charge on any atom is 0.324 e. The average molecular weight is 287 g/mol. The van der Waals surface area contributed by atoms with Gasteiger partial charge < -0.3 is 10.2 Å². The lowest BCUT2D eigenvalue weighted by Gasteiger charge is -2.18. The van der Waals surface area contributed by atoms with Crippen LogP contribution in [0.3, 0.4) is 0 Å². The van der Waals surface area contributed by atoms with Crippen molar-refractivity contribution in [2.75, 3.05) is 0 Å². The summed E-state index contributed by atoms with van der Waals surface area (Å²) in [5, 5.41) is 18.2. The molecule has 0 bridgehead atoms. The lowest BCUT2D eigenvalue weighted by molar-refractivity contribution is -0.141. The number of aryl methyl sites for hydroxylation is 2. The van der Waals surface area contributed by atoms with Gasteiger partial charge in [-0.15, -0.1) is 0 Å². The highest BCUT2D eigenvalue weighted by molar-refractivity contribution is 7.89. The van der Waals surface area contributed by atoms with Gasteiger partial charge >= 0.3 is 5.97 Å². The molecule has 0 aliphatic carbocycles. The number of rotatable bonds is 5. The van der Waals surface area contributed by atoms with Crippen molar-refractivity contribution in [2.24, 2.45) is 0 Å². The molecule has 2 atom stereocenters. The molecule has 0 heterocycles. The summed E-state index contributed by atoms with van der Waals surface area (Å²) in [5.74, 6) is -1.43. The molecule has 0 saturated carbocycles. The first-order chi connectivity index (χ1) is 8.65. The number of hydrogen-bond acceptors (Lipinski definition) is 4.